The molecule has 0 atom stereocenters. The molecule has 0 unspecified atom stereocenters. The minimum absolute atomic E-state index is 0.179. The third kappa shape index (κ3) is 6.48. The quantitative estimate of drug-likeness (QED) is 0.856. The first-order valence-corrected chi connectivity index (χ1v) is 6.48. The Morgan fingerprint density at radius 3 is 2.43 bits per heavy atom. The molecule has 0 radical (unpaired) electrons. The molecule has 0 fully saturated rings. The minimum atomic E-state index is -4.68. The summed E-state index contributed by atoms with van der Waals surface area (Å²) in [7, 11) is 0. The number of aliphatic carboxylic acids is 1. The standard InChI is InChI=1S/C12H12BrF3N2O3/c1-7-2-8(13)4-9(3-7)17-11(21)18(5-10(19)20)6-12(14,15)16/h2-4H,5-6H2,1H3,(H,17,21)(H,19,20). The Hall–Kier alpha value is -1.77. The number of alkyl halides is 3. The topological polar surface area (TPSA) is 69.6 Å². The van der Waals surface area contributed by atoms with Crippen LogP contribution >= 0.6 is 15.9 Å². The van der Waals surface area contributed by atoms with Gasteiger partial charge in [0.15, 0.2) is 0 Å². The number of anilines is 1. The Morgan fingerprint density at radius 1 is 1.33 bits per heavy atom. The Morgan fingerprint density at radius 2 is 1.95 bits per heavy atom. The zero-order valence-electron chi connectivity index (χ0n) is 10.9. The maximum absolute atomic E-state index is 12.4. The molecule has 0 aliphatic carbocycles. The van der Waals surface area contributed by atoms with Crippen molar-refractivity contribution < 1.29 is 27.9 Å². The van der Waals surface area contributed by atoms with Gasteiger partial charge in [-0.05, 0) is 30.7 Å². The molecule has 1 rings (SSSR count). The number of halogens is 4. The van der Waals surface area contributed by atoms with Gasteiger partial charge in [-0.2, -0.15) is 13.2 Å². The molecule has 0 saturated carbocycles. The van der Waals surface area contributed by atoms with Crippen LogP contribution in [0.4, 0.5) is 23.7 Å². The van der Waals surface area contributed by atoms with E-state index in [1.165, 1.54) is 6.07 Å². The molecule has 1 aromatic carbocycles. The third-order valence-corrected chi connectivity index (χ3v) is 2.73. The van der Waals surface area contributed by atoms with Gasteiger partial charge < -0.3 is 15.3 Å². The second kappa shape index (κ2) is 6.79. The number of carboxylic acid groups (broad SMARTS) is 1. The Bertz CT molecular complexity index is 529. The molecule has 116 valence electrons. The Labute approximate surface area is 126 Å². The van der Waals surface area contributed by atoms with E-state index in [0.29, 0.717) is 4.47 Å². The van der Waals surface area contributed by atoms with Crippen molar-refractivity contribution in [2.24, 2.45) is 0 Å². The number of benzene rings is 1. The molecule has 0 bridgehead atoms. The van der Waals surface area contributed by atoms with Gasteiger partial charge >= 0.3 is 18.2 Å². The van der Waals surface area contributed by atoms with Gasteiger partial charge in [-0.3, -0.25) is 4.79 Å². The van der Waals surface area contributed by atoms with Crippen molar-refractivity contribution in [3.05, 3.63) is 28.2 Å². The molecule has 9 heteroatoms. The molecule has 0 spiro atoms. The van der Waals surface area contributed by atoms with E-state index in [2.05, 4.69) is 21.2 Å². The van der Waals surface area contributed by atoms with Crippen LogP contribution in [0.2, 0.25) is 0 Å². The monoisotopic (exact) mass is 368 g/mol. The highest BCUT2D eigenvalue weighted by atomic mass is 79.9. The van der Waals surface area contributed by atoms with E-state index < -0.39 is 31.3 Å². The van der Waals surface area contributed by atoms with Gasteiger partial charge in [0.05, 0.1) is 0 Å². The summed E-state index contributed by atoms with van der Waals surface area (Å²) < 4.78 is 37.7. The number of aryl methyl sites for hydroxylation is 1. The van der Waals surface area contributed by atoms with E-state index >= 15 is 0 Å². The lowest BCUT2D eigenvalue weighted by molar-refractivity contribution is -0.148. The van der Waals surface area contributed by atoms with Crippen LogP contribution in [0.5, 0.6) is 0 Å². The molecule has 1 aromatic rings. The summed E-state index contributed by atoms with van der Waals surface area (Å²) in [6, 6.07) is 3.67. The maximum Gasteiger partial charge on any atom is 0.406 e. The van der Waals surface area contributed by atoms with Crippen molar-refractivity contribution in [1.82, 2.24) is 4.90 Å². The van der Waals surface area contributed by atoms with E-state index in [1.54, 1.807) is 19.1 Å². The van der Waals surface area contributed by atoms with Crippen molar-refractivity contribution in [1.29, 1.82) is 0 Å². The molecular formula is C12H12BrF3N2O3. The SMILES string of the molecule is Cc1cc(Br)cc(NC(=O)N(CC(=O)O)CC(F)(F)F)c1. The molecule has 0 aliphatic heterocycles. The molecule has 0 saturated heterocycles. The number of amides is 2. The fraction of sp³-hybridized carbons (Fsp3) is 0.333. The van der Waals surface area contributed by atoms with E-state index in [1.807, 2.05) is 0 Å². The second-order valence-electron chi connectivity index (χ2n) is 4.31. The van der Waals surface area contributed by atoms with Crippen molar-refractivity contribution in [3.63, 3.8) is 0 Å². The number of hydrogen-bond donors (Lipinski definition) is 2. The summed E-state index contributed by atoms with van der Waals surface area (Å²) in [5, 5.41) is 10.8. The summed E-state index contributed by atoms with van der Waals surface area (Å²) in [5.74, 6) is -1.53. The van der Waals surface area contributed by atoms with Crippen molar-refractivity contribution in [2.45, 2.75) is 13.1 Å². The van der Waals surface area contributed by atoms with E-state index in [0.717, 1.165) is 5.56 Å². The minimum Gasteiger partial charge on any atom is -0.480 e. The van der Waals surface area contributed by atoms with Crippen LogP contribution in [-0.2, 0) is 4.79 Å². The predicted molar refractivity (Wildman–Crippen MR) is 73.2 cm³/mol. The number of nitrogens with zero attached hydrogens (tertiary/aromatic N) is 1. The number of rotatable bonds is 4. The Balaban J connectivity index is 2.87. The summed E-state index contributed by atoms with van der Waals surface area (Å²) >= 11 is 3.19. The summed E-state index contributed by atoms with van der Waals surface area (Å²) in [4.78, 5) is 22.5. The summed E-state index contributed by atoms with van der Waals surface area (Å²) in [6.45, 7) is -0.943. The molecule has 5 nitrogen and oxygen atoms in total. The lowest BCUT2D eigenvalue weighted by Gasteiger charge is -2.22. The van der Waals surface area contributed by atoms with Crippen LogP contribution in [-0.4, -0.2) is 41.3 Å². The van der Waals surface area contributed by atoms with Crippen LogP contribution in [0.25, 0.3) is 0 Å². The van der Waals surface area contributed by atoms with Crippen LogP contribution < -0.4 is 5.32 Å². The average Bonchev–Trinajstić information content (AvgIpc) is 2.23. The molecule has 0 aromatic heterocycles. The van der Waals surface area contributed by atoms with E-state index in [9.17, 15) is 22.8 Å². The van der Waals surface area contributed by atoms with Crippen molar-refractivity contribution in [2.75, 3.05) is 18.4 Å². The maximum atomic E-state index is 12.4. The van der Waals surface area contributed by atoms with Gasteiger partial charge in [0.2, 0.25) is 0 Å². The number of nitrogens with one attached hydrogen (secondary N) is 1. The fourth-order valence-corrected chi connectivity index (χ4v) is 2.20. The zero-order valence-corrected chi connectivity index (χ0v) is 12.5. The lowest BCUT2D eigenvalue weighted by Crippen LogP contribution is -2.44. The fourth-order valence-electron chi connectivity index (χ4n) is 1.59. The molecule has 21 heavy (non-hydrogen) atoms. The lowest BCUT2D eigenvalue weighted by atomic mass is 10.2. The summed E-state index contributed by atoms with van der Waals surface area (Å²) in [6.07, 6.45) is -4.68. The highest BCUT2D eigenvalue weighted by Crippen LogP contribution is 2.21. The van der Waals surface area contributed by atoms with Crippen LogP contribution in [0, 0.1) is 6.92 Å². The van der Waals surface area contributed by atoms with Crippen molar-refractivity contribution in [3.8, 4) is 0 Å². The number of carbonyl (C=O) groups is 2. The number of carbonyl (C=O) groups excluding carboxylic acids is 1. The average molecular weight is 369 g/mol. The Kier molecular flexibility index (Phi) is 5.59. The van der Waals surface area contributed by atoms with Gasteiger partial charge in [0, 0.05) is 10.2 Å². The second-order valence-corrected chi connectivity index (χ2v) is 5.23. The van der Waals surface area contributed by atoms with Crippen molar-refractivity contribution >= 4 is 33.6 Å². The molecule has 0 heterocycles. The first kappa shape index (κ1) is 17.3. The number of hydrogen-bond acceptors (Lipinski definition) is 2. The largest absolute Gasteiger partial charge is 0.480 e. The first-order valence-electron chi connectivity index (χ1n) is 5.68. The van der Waals surface area contributed by atoms with Gasteiger partial charge in [0.25, 0.3) is 0 Å². The van der Waals surface area contributed by atoms with Crippen LogP contribution in [0.1, 0.15) is 5.56 Å². The highest BCUT2D eigenvalue weighted by molar-refractivity contribution is 9.10. The normalized spacial score (nSPS) is 11.1. The van der Waals surface area contributed by atoms with E-state index in [4.69, 9.17) is 5.11 Å². The van der Waals surface area contributed by atoms with Gasteiger partial charge in [-0.15, -0.1) is 0 Å². The first-order chi connectivity index (χ1) is 9.56. The molecular weight excluding hydrogens is 357 g/mol. The molecule has 2 amide bonds. The van der Waals surface area contributed by atoms with Gasteiger partial charge in [-0.1, -0.05) is 15.9 Å². The number of urea groups is 1. The van der Waals surface area contributed by atoms with Crippen LogP contribution in [0.15, 0.2) is 22.7 Å². The van der Waals surface area contributed by atoms with E-state index in [-0.39, 0.29) is 10.6 Å². The highest BCUT2D eigenvalue weighted by Gasteiger charge is 2.34. The van der Waals surface area contributed by atoms with Gasteiger partial charge in [0.1, 0.15) is 13.1 Å². The summed E-state index contributed by atoms with van der Waals surface area (Å²) in [5.41, 5.74) is 1.05. The predicted octanol–water partition coefficient (Wildman–Crippen LogP) is 3.24. The molecule has 2 N–H and O–H groups in total. The number of carboxylic acids is 1. The zero-order chi connectivity index (χ0) is 16.2. The molecule has 0 aliphatic rings. The van der Waals surface area contributed by atoms with Crippen LogP contribution in [0.3, 0.4) is 0 Å². The third-order valence-electron chi connectivity index (χ3n) is 2.28. The van der Waals surface area contributed by atoms with Gasteiger partial charge in [-0.25, -0.2) is 4.79 Å². The smallest absolute Gasteiger partial charge is 0.406 e.